The van der Waals surface area contributed by atoms with Gasteiger partial charge in [-0.2, -0.15) is 0 Å². The van der Waals surface area contributed by atoms with Crippen LogP contribution in [0, 0.1) is 5.92 Å². The minimum Gasteiger partial charge on any atom is -0.465 e. The molecular formula is C15H26O6. The number of esters is 3. The number of carbonyl (C=O) groups excluding carboxylic acids is 3. The smallest absolute Gasteiger partial charge is 0.321 e. The molecule has 0 saturated heterocycles. The van der Waals surface area contributed by atoms with Gasteiger partial charge >= 0.3 is 17.9 Å². The Morgan fingerprint density at radius 1 is 0.857 bits per heavy atom. The molecule has 0 aliphatic carbocycles. The van der Waals surface area contributed by atoms with E-state index in [1.807, 2.05) is 0 Å². The maximum absolute atomic E-state index is 12.0. The van der Waals surface area contributed by atoms with E-state index in [1.54, 1.807) is 48.5 Å². The van der Waals surface area contributed by atoms with Crippen LogP contribution in [-0.4, -0.2) is 35.7 Å². The second kappa shape index (κ2) is 7.43. The lowest BCUT2D eigenvalue weighted by atomic mass is 10.0. The average Bonchev–Trinajstić information content (AvgIpc) is 2.20. The molecule has 0 radical (unpaired) electrons. The number of rotatable bonds is 5. The fourth-order valence-corrected chi connectivity index (χ4v) is 1.43. The van der Waals surface area contributed by atoms with Gasteiger partial charge in [-0.25, -0.2) is 0 Å². The normalized spacial score (nSPS) is 13.3. The van der Waals surface area contributed by atoms with Crippen LogP contribution in [0.1, 0.15) is 54.9 Å². The Morgan fingerprint density at radius 3 is 1.71 bits per heavy atom. The summed E-state index contributed by atoms with van der Waals surface area (Å²) >= 11 is 0. The van der Waals surface area contributed by atoms with Gasteiger partial charge in [0.2, 0.25) is 0 Å². The quantitative estimate of drug-likeness (QED) is 0.440. The van der Waals surface area contributed by atoms with Crippen molar-refractivity contribution in [1.82, 2.24) is 0 Å². The van der Waals surface area contributed by atoms with Gasteiger partial charge < -0.3 is 14.2 Å². The number of carbonyl (C=O) groups is 3. The summed E-state index contributed by atoms with van der Waals surface area (Å²) < 4.78 is 15.1. The van der Waals surface area contributed by atoms with Crippen LogP contribution in [-0.2, 0) is 28.6 Å². The molecule has 0 rings (SSSR count). The van der Waals surface area contributed by atoms with Crippen LogP contribution >= 0.6 is 0 Å². The molecule has 0 aromatic carbocycles. The highest BCUT2D eigenvalue weighted by Crippen LogP contribution is 2.18. The molecule has 0 amide bonds. The summed E-state index contributed by atoms with van der Waals surface area (Å²) in [5.41, 5.74) is -1.44. The topological polar surface area (TPSA) is 78.9 Å². The second-order valence-electron chi connectivity index (χ2n) is 6.63. The van der Waals surface area contributed by atoms with Crippen LogP contribution < -0.4 is 0 Å². The Hall–Kier alpha value is -1.59. The van der Waals surface area contributed by atoms with Crippen molar-refractivity contribution in [2.75, 3.05) is 6.61 Å². The molecule has 0 saturated carbocycles. The van der Waals surface area contributed by atoms with Gasteiger partial charge in [0.1, 0.15) is 11.2 Å². The van der Waals surface area contributed by atoms with Crippen molar-refractivity contribution < 1.29 is 28.6 Å². The van der Waals surface area contributed by atoms with Gasteiger partial charge in [-0.05, 0) is 48.5 Å². The van der Waals surface area contributed by atoms with Crippen LogP contribution in [0.15, 0.2) is 0 Å². The van der Waals surface area contributed by atoms with Crippen molar-refractivity contribution in [3.63, 3.8) is 0 Å². The average molecular weight is 302 g/mol. The zero-order valence-electron chi connectivity index (χ0n) is 13.9. The molecule has 0 spiro atoms. The van der Waals surface area contributed by atoms with Gasteiger partial charge in [-0.1, -0.05) is 0 Å². The van der Waals surface area contributed by atoms with E-state index in [4.69, 9.17) is 14.2 Å². The molecule has 1 atom stereocenters. The summed E-state index contributed by atoms with van der Waals surface area (Å²) in [5.74, 6) is -3.52. The van der Waals surface area contributed by atoms with E-state index in [2.05, 4.69) is 0 Å². The summed E-state index contributed by atoms with van der Waals surface area (Å²) in [6, 6.07) is 0. The van der Waals surface area contributed by atoms with Gasteiger partial charge in [0.15, 0.2) is 5.92 Å². The third-order valence-electron chi connectivity index (χ3n) is 2.05. The Bertz CT molecular complexity index is 386. The number of hydrogen-bond acceptors (Lipinski definition) is 6. The van der Waals surface area contributed by atoms with Crippen LogP contribution in [0.3, 0.4) is 0 Å². The van der Waals surface area contributed by atoms with E-state index in [0.29, 0.717) is 0 Å². The molecule has 6 nitrogen and oxygen atoms in total. The zero-order valence-corrected chi connectivity index (χ0v) is 13.9. The maximum Gasteiger partial charge on any atom is 0.321 e. The standard InChI is InChI=1S/C15H26O6/c1-8-19-12(17)10(13(18)21-15(5,6)7)9-11(16)20-14(2,3)4/h10H,8-9H2,1-7H3/t10-/m0/s1. The van der Waals surface area contributed by atoms with Crippen LogP contribution in [0.4, 0.5) is 0 Å². The highest BCUT2D eigenvalue weighted by atomic mass is 16.6. The summed E-state index contributed by atoms with van der Waals surface area (Å²) in [6.45, 7) is 11.9. The van der Waals surface area contributed by atoms with E-state index < -0.39 is 41.4 Å². The molecule has 0 aromatic heterocycles. The molecule has 0 bridgehead atoms. The molecule has 0 heterocycles. The van der Waals surface area contributed by atoms with Gasteiger partial charge in [0.05, 0.1) is 13.0 Å². The molecule has 0 fully saturated rings. The molecule has 6 heteroatoms. The predicted molar refractivity (Wildman–Crippen MR) is 76.4 cm³/mol. The minimum absolute atomic E-state index is 0.118. The van der Waals surface area contributed by atoms with E-state index in [-0.39, 0.29) is 6.61 Å². The molecule has 0 aliphatic rings. The van der Waals surface area contributed by atoms with Crippen LogP contribution in [0.2, 0.25) is 0 Å². The summed E-state index contributed by atoms with van der Waals surface area (Å²) in [6.07, 6.45) is -0.398. The van der Waals surface area contributed by atoms with Gasteiger partial charge in [-0.15, -0.1) is 0 Å². The fourth-order valence-electron chi connectivity index (χ4n) is 1.43. The zero-order chi connectivity index (χ0) is 16.8. The molecule has 0 unspecified atom stereocenters. The van der Waals surface area contributed by atoms with Gasteiger partial charge in [0.25, 0.3) is 0 Å². The molecule has 0 N–H and O–H groups in total. The summed E-state index contributed by atoms with van der Waals surface area (Å²) in [4.78, 5) is 35.7. The first-order valence-electron chi connectivity index (χ1n) is 6.97. The van der Waals surface area contributed by atoms with Crippen molar-refractivity contribution in [2.24, 2.45) is 5.92 Å². The summed E-state index contributed by atoms with van der Waals surface area (Å²) in [5, 5.41) is 0. The van der Waals surface area contributed by atoms with Crippen LogP contribution in [0.5, 0.6) is 0 Å². The SMILES string of the molecule is CCOC(=O)[C@H](CC(=O)OC(C)(C)C)C(=O)OC(C)(C)C. The van der Waals surface area contributed by atoms with Crippen molar-refractivity contribution in [2.45, 2.75) is 66.1 Å². The first-order valence-corrected chi connectivity index (χ1v) is 6.97. The Balaban J connectivity index is 4.95. The lowest BCUT2D eigenvalue weighted by Crippen LogP contribution is -2.36. The first-order chi connectivity index (χ1) is 9.35. The van der Waals surface area contributed by atoms with Crippen molar-refractivity contribution in [3.05, 3.63) is 0 Å². The second-order valence-corrected chi connectivity index (χ2v) is 6.63. The van der Waals surface area contributed by atoms with Gasteiger partial charge in [-0.3, -0.25) is 14.4 Å². The molecular weight excluding hydrogens is 276 g/mol. The highest BCUT2D eigenvalue weighted by Gasteiger charge is 2.35. The van der Waals surface area contributed by atoms with Crippen molar-refractivity contribution in [3.8, 4) is 0 Å². The first kappa shape index (κ1) is 19.4. The van der Waals surface area contributed by atoms with E-state index >= 15 is 0 Å². The lowest BCUT2D eigenvalue weighted by molar-refractivity contribution is -0.175. The maximum atomic E-state index is 12.0. The summed E-state index contributed by atoms with van der Waals surface area (Å²) in [7, 11) is 0. The van der Waals surface area contributed by atoms with E-state index in [0.717, 1.165) is 0 Å². The van der Waals surface area contributed by atoms with Gasteiger partial charge in [0, 0.05) is 0 Å². The number of ether oxygens (including phenoxy) is 3. The Morgan fingerprint density at radius 2 is 1.33 bits per heavy atom. The van der Waals surface area contributed by atoms with E-state index in [1.165, 1.54) is 0 Å². The Kier molecular flexibility index (Phi) is 6.86. The van der Waals surface area contributed by atoms with E-state index in [9.17, 15) is 14.4 Å². The molecule has 122 valence electrons. The minimum atomic E-state index is -1.31. The fraction of sp³-hybridized carbons (Fsp3) is 0.800. The molecule has 0 aliphatic heterocycles. The number of hydrogen-bond donors (Lipinski definition) is 0. The third kappa shape index (κ3) is 9.05. The Labute approximate surface area is 126 Å². The largest absolute Gasteiger partial charge is 0.465 e. The highest BCUT2D eigenvalue weighted by molar-refractivity contribution is 5.98. The third-order valence-corrected chi connectivity index (χ3v) is 2.05. The van der Waals surface area contributed by atoms with Crippen LogP contribution in [0.25, 0.3) is 0 Å². The predicted octanol–water partition coefficient (Wildman–Crippen LogP) is 2.24. The van der Waals surface area contributed by atoms with Crippen molar-refractivity contribution >= 4 is 17.9 Å². The molecule has 0 aromatic rings. The monoisotopic (exact) mass is 302 g/mol. The lowest BCUT2D eigenvalue weighted by Gasteiger charge is -2.24. The molecule has 21 heavy (non-hydrogen) atoms. The van der Waals surface area contributed by atoms with Crippen molar-refractivity contribution in [1.29, 1.82) is 0 Å².